The predicted molar refractivity (Wildman–Crippen MR) is 133 cm³/mol. The number of tetrazole rings is 1. The molecule has 2 aromatic carbocycles. The van der Waals surface area contributed by atoms with Gasteiger partial charge in [-0.25, -0.2) is 12.8 Å². The molecule has 0 spiro atoms. The number of carbonyl (C=O) groups excluding carboxylic acids is 2. The van der Waals surface area contributed by atoms with Crippen molar-refractivity contribution < 1.29 is 35.6 Å². The van der Waals surface area contributed by atoms with Gasteiger partial charge in [0.2, 0.25) is 5.91 Å². The van der Waals surface area contributed by atoms with Crippen molar-refractivity contribution in [1.29, 1.82) is 0 Å². The summed E-state index contributed by atoms with van der Waals surface area (Å²) in [5.41, 5.74) is 0.138. The fourth-order valence-electron chi connectivity index (χ4n) is 4.10. The minimum atomic E-state index is -4.51. The summed E-state index contributed by atoms with van der Waals surface area (Å²) < 4.78 is 77.8. The number of hydrogen-bond donors (Lipinski definition) is 0. The molecule has 0 atom stereocenters. The number of aryl methyl sites for hydroxylation is 2. The molecule has 3 aromatic rings. The molecule has 16 heteroatoms. The molecule has 2 amide bonds. The summed E-state index contributed by atoms with van der Waals surface area (Å²) in [7, 11) is -2.86. The maximum Gasteiger partial charge on any atom is 0.416 e. The lowest BCUT2D eigenvalue weighted by Gasteiger charge is -2.35. The molecule has 2 heterocycles. The van der Waals surface area contributed by atoms with Gasteiger partial charge in [0.1, 0.15) is 16.3 Å². The molecule has 4 rings (SSSR count). The molecule has 1 aliphatic rings. The lowest BCUT2D eigenvalue weighted by atomic mass is 9.99. The molecule has 1 saturated heterocycles. The molecular formula is C24H24F4N7O4S-. The number of amides is 2. The van der Waals surface area contributed by atoms with Crippen LogP contribution in [-0.2, 0) is 34.4 Å². The monoisotopic (exact) mass is 582 g/mol. The first-order valence-electron chi connectivity index (χ1n) is 11.9. The average Bonchev–Trinajstić information content (AvgIpc) is 3.31. The molecule has 0 bridgehead atoms. The Labute approximate surface area is 227 Å². The maximum atomic E-state index is 13.9. The molecule has 1 aliphatic heterocycles. The fraction of sp³-hybridized carbons (Fsp3) is 0.375. The van der Waals surface area contributed by atoms with Crippen LogP contribution in [0.15, 0.2) is 42.5 Å². The van der Waals surface area contributed by atoms with Gasteiger partial charge in [0.25, 0.3) is 5.91 Å². The number of rotatable bonds is 6. The Bertz CT molecular complexity index is 1460. The lowest BCUT2D eigenvalue weighted by molar-refractivity contribution is -0.137. The van der Waals surface area contributed by atoms with E-state index >= 15 is 0 Å². The first-order valence-corrected chi connectivity index (χ1v) is 12.9. The second-order valence-electron chi connectivity index (χ2n) is 8.72. The predicted octanol–water partition coefficient (Wildman–Crippen LogP) is 2.72. The van der Waals surface area contributed by atoms with Crippen LogP contribution in [0.5, 0.6) is 0 Å². The van der Waals surface area contributed by atoms with Crippen LogP contribution >= 0.6 is 0 Å². The fourth-order valence-corrected chi connectivity index (χ4v) is 4.10. The molecule has 0 N–H and O–H groups in total. The van der Waals surface area contributed by atoms with Crippen molar-refractivity contribution >= 4 is 22.3 Å². The van der Waals surface area contributed by atoms with Crippen molar-refractivity contribution in [2.75, 3.05) is 26.2 Å². The van der Waals surface area contributed by atoms with Gasteiger partial charge in [-0.15, -0.1) is 10.2 Å². The Morgan fingerprint density at radius 3 is 2.20 bits per heavy atom. The van der Waals surface area contributed by atoms with E-state index in [0.717, 1.165) is 12.1 Å². The molecule has 11 nitrogen and oxygen atoms in total. The van der Waals surface area contributed by atoms with Gasteiger partial charge in [-0.05, 0) is 54.0 Å². The number of piperazine rings is 1. The topological polar surface area (TPSA) is 141 Å². The molecule has 0 radical (unpaired) electrons. The maximum absolute atomic E-state index is 13.9. The van der Waals surface area contributed by atoms with Crippen molar-refractivity contribution in [3.8, 4) is 0 Å². The first kappa shape index (κ1) is 30.3. The van der Waals surface area contributed by atoms with E-state index in [4.69, 9.17) is 13.2 Å². The van der Waals surface area contributed by atoms with Crippen molar-refractivity contribution in [2.45, 2.75) is 32.5 Å². The van der Waals surface area contributed by atoms with Crippen LogP contribution in [0.4, 0.5) is 17.6 Å². The quantitative estimate of drug-likeness (QED) is 0.407. The van der Waals surface area contributed by atoms with Crippen molar-refractivity contribution in [3.05, 3.63) is 81.1 Å². The minimum Gasteiger partial charge on any atom is -0.686 e. The smallest absolute Gasteiger partial charge is 0.416 e. The zero-order valence-electron chi connectivity index (χ0n) is 21.2. The summed E-state index contributed by atoms with van der Waals surface area (Å²) in [6.45, 7) is 2.73. The van der Waals surface area contributed by atoms with Gasteiger partial charge >= 0.3 is 6.18 Å². The number of aromatic nitrogens is 4. The van der Waals surface area contributed by atoms with Gasteiger partial charge in [0.15, 0.2) is 5.82 Å². The second kappa shape index (κ2) is 13.2. The Balaban J connectivity index is 0.00000103. The summed E-state index contributed by atoms with van der Waals surface area (Å²) in [5, 5.41) is 11.6. The van der Waals surface area contributed by atoms with Crippen LogP contribution < -0.4 is 0 Å². The van der Waals surface area contributed by atoms with Crippen molar-refractivity contribution in [3.63, 3.8) is 0 Å². The Kier molecular flexibility index (Phi) is 10.0. The lowest BCUT2D eigenvalue weighted by Crippen LogP contribution is -2.50. The number of alkyl halides is 3. The van der Waals surface area contributed by atoms with Crippen molar-refractivity contribution in [2.24, 2.45) is 0 Å². The zero-order valence-corrected chi connectivity index (χ0v) is 22.0. The van der Waals surface area contributed by atoms with Gasteiger partial charge in [-0.2, -0.15) is 18.0 Å². The van der Waals surface area contributed by atoms with E-state index in [0.29, 0.717) is 30.0 Å². The molecule has 1 fully saturated rings. The van der Waals surface area contributed by atoms with Gasteiger partial charge in [0, 0.05) is 32.6 Å². The third-order valence-electron chi connectivity index (χ3n) is 6.03. The summed E-state index contributed by atoms with van der Waals surface area (Å²) in [4.78, 5) is 29.7. The van der Waals surface area contributed by atoms with E-state index in [1.807, 2.05) is 0 Å². The number of nitrogens with zero attached hydrogens (tertiary/aromatic N) is 7. The highest BCUT2D eigenvalue weighted by atomic mass is 32.2. The molecule has 0 unspecified atom stereocenters. The number of benzene rings is 2. The third-order valence-corrected chi connectivity index (χ3v) is 6.03. The van der Waals surface area contributed by atoms with E-state index in [9.17, 15) is 27.2 Å². The summed E-state index contributed by atoms with van der Waals surface area (Å²) in [6, 6.07) is 9.16. The summed E-state index contributed by atoms with van der Waals surface area (Å²) in [5.74, 6) is -0.795. The van der Waals surface area contributed by atoms with Crippen LogP contribution in [0, 0.1) is 12.7 Å². The zero-order chi connectivity index (χ0) is 29.4. The third kappa shape index (κ3) is 8.39. The van der Waals surface area contributed by atoms with Crippen LogP contribution in [0.3, 0.4) is 0 Å². The summed E-state index contributed by atoms with van der Waals surface area (Å²) in [6.07, 6.45) is -4.19. The second-order valence-corrected chi connectivity index (χ2v) is 9.15. The Morgan fingerprint density at radius 2 is 1.62 bits per heavy atom. The van der Waals surface area contributed by atoms with Crippen LogP contribution in [0.2, 0.25) is 0 Å². The normalized spacial score (nSPS) is 13.4. The van der Waals surface area contributed by atoms with Crippen molar-refractivity contribution in [1.82, 2.24) is 30.0 Å². The number of hydrogen-bond acceptors (Lipinski definition) is 7. The number of carbonyl (C=O) groups is 2. The molecule has 40 heavy (non-hydrogen) atoms. The highest BCUT2D eigenvalue weighted by Gasteiger charge is 2.31. The molecule has 0 aliphatic carbocycles. The van der Waals surface area contributed by atoms with Gasteiger partial charge in [-0.1, -0.05) is 18.2 Å². The Morgan fingerprint density at radius 1 is 1.00 bits per heavy atom. The SMILES string of the molecule is Cc1nnn(Cc2cc(C(F)(F)F)ccc2CCC(=O)N2CCN(C(=O)c3ccccc3F)CC2)n1.[N-]=S(=O)=O. The highest BCUT2D eigenvalue weighted by Crippen LogP contribution is 2.31. The molecule has 1 aromatic heterocycles. The molecule has 0 saturated carbocycles. The Hall–Kier alpha value is -4.21. The number of halogens is 4. The first-order chi connectivity index (χ1) is 18.8. The van der Waals surface area contributed by atoms with Gasteiger partial charge in [-0.3, -0.25) is 9.59 Å². The van der Waals surface area contributed by atoms with Crippen LogP contribution in [0.1, 0.15) is 39.3 Å². The minimum absolute atomic E-state index is 0.00881. The highest BCUT2D eigenvalue weighted by molar-refractivity contribution is 7.63. The summed E-state index contributed by atoms with van der Waals surface area (Å²) >= 11 is 0. The van der Waals surface area contributed by atoms with E-state index in [2.05, 4.69) is 15.4 Å². The van der Waals surface area contributed by atoms with Gasteiger partial charge < -0.3 is 14.6 Å². The van der Waals surface area contributed by atoms with E-state index in [1.54, 1.807) is 17.9 Å². The van der Waals surface area contributed by atoms with Crippen LogP contribution in [-0.4, -0.2) is 76.4 Å². The van der Waals surface area contributed by atoms with E-state index < -0.39 is 34.0 Å². The van der Waals surface area contributed by atoms with Gasteiger partial charge in [0.05, 0.1) is 17.7 Å². The van der Waals surface area contributed by atoms with Crippen LogP contribution in [0.25, 0.3) is 4.78 Å². The largest absolute Gasteiger partial charge is 0.686 e. The standard InChI is InChI=1S/C24H24F4N6O2.NO2S/c1-16-29-31-34(30-16)15-18-14-19(24(26,27)28)8-6-17(18)7-9-22(35)32-10-12-33(13-11-32)23(36)20-4-2-3-5-21(20)25;1-4(2)3/h2-6,8,14H,7,9-13,15H2,1H3;/q;-1. The van der Waals surface area contributed by atoms with E-state index in [-0.39, 0.29) is 43.9 Å². The van der Waals surface area contributed by atoms with E-state index in [1.165, 1.54) is 34.0 Å². The average molecular weight is 583 g/mol. The molecular weight excluding hydrogens is 558 g/mol. The molecule has 214 valence electrons.